The summed E-state index contributed by atoms with van der Waals surface area (Å²) in [6.45, 7) is 0. The Balaban J connectivity index is 1.94. The van der Waals surface area contributed by atoms with E-state index in [1.165, 1.54) is 12.1 Å². The molecule has 0 aliphatic rings. The van der Waals surface area contributed by atoms with Crippen LogP contribution in [0.5, 0.6) is 0 Å². The van der Waals surface area contributed by atoms with Gasteiger partial charge >= 0.3 is 5.97 Å². The fraction of sp³-hybridized carbons (Fsp3) is 0. The molecular weight excluding hydrogens is 359 g/mol. The Hall–Kier alpha value is -2.69. The van der Waals surface area contributed by atoms with E-state index in [1.54, 1.807) is 24.5 Å². The average Bonchev–Trinajstić information content (AvgIpc) is 2.65. The minimum absolute atomic E-state index is 0.150. The van der Waals surface area contributed by atoms with Crippen LogP contribution in [0, 0.1) is 0 Å². The molecule has 124 valence electrons. The van der Waals surface area contributed by atoms with Crippen molar-refractivity contribution in [2.45, 2.75) is 0 Å². The van der Waals surface area contributed by atoms with Gasteiger partial charge in [0.05, 0.1) is 10.6 Å². The Bertz CT molecular complexity index is 872. The lowest BCUT2D eigenvalue weighted by Crippen LogP contribution is -2.08. The van der Waals surface area contributed by atoms with Gasteiger partial charge in [-0.25, -0.2) is 4.79 Å². The van der Waals surface area contributed by atoms with Crippen LogP contribution in [0.25, 0.3) is 0 Å². The second-order valence-electron chi connectivity index (χ2n) is 5.05. The highest BCUT2D eigenvalue weighted by molar-refractivity contribution is 6.35. The molecule has 0 atom stereocenters. The first-order valence-electron chi connectivity index (χ1n) is 7.35. The molecule has 6 heteroatoms. The number of carbonyl (C=O) groups is 1. The van der Waals surface area contributed by atoms with Crippen molar-refractivity contribution in [2.24, 2.45) is 5.16 Å². The molecule has 2 aromatic carbocycles. The third-order valence-corrected chi connectivity index (χ3v) is 3.92. The number of nitrogens with zero attached hydrogens (tertiary/aromatic N) is 2. The zero-order chi connectivity index (χ0) is 17.6. The third-order valence-electron chi connectivity index (χ3n) is 3.35. The van der Waals surface area contributed by atoms with Crippen LogP contribution in [0.1, 0.15) is 21.5 Å². The van der Waals surface area contributed by atoms with Gasteiger partial charge in [-0.2, -0.15) is 0 Å². The van der Waals surface area contributed by atoms with Crippen molar-refractivity contribution in [1.82, 2.24) is 4.98 Å². The molecule has 4 nitrogen and oxygen atoms in total. The maximum Gasteiger partial charge on any atom is 0.367 e. The van der Waals surface area contributed by atoms with Gasteiger partial charge in [0.25, 0.3) is 0 Å². The minimum atomic E-state index is -0.690. The van der Waals surface area contributed by atoms with Crippen LogP contribution in [0.15, 0.2) is 78.2 Å². The van der Waals surface area contributed by atoms with Crippen LogP contribution < -0.4 is 0 Å². The number of oxime groups is 1. The predicted molar refractivity (Wildman–Crippen MR) is 98.2 cm³/mol. The lowest BCUT2D eigenvalue weighted by atomic mass is 10.0. The van der Waals surface area contributed by atoms with E-state index in [4.69, 9.17) is 28.0 Å². The van der Waals surface area contributed by atoms with E-state index in [0.717, 1.165) is 11.1 Å². The van der Waals surface area contributed by atoms with Crippen molar-refractivity contribution in [3.8, 4) is 0 Å². The van der Waals surface area contributed by atoms with Gasteiger partial charge in [0, 0.05) is 28.5 Å². The molecule has 1 heterocycles. The summed E-state index contributed by atoms with van der Waals surface area (Å²) >= 11 is 11.9. The first-order chi connectivity index (χ1) is 12.1. The van der Waals surface area contributed by atoms with E-state index in [9.17, 15) is 4.79 Å². The van der Waals surface area contributed by atoms with Gasteiger partial charge in [0.2, 0.25) is 0 Å². The number of carbonyl (C=O) groups excluding carboxylic acids is 1. The quantitative estimate of drug-likeness (QED) is 0.369. The van der Waals surface area contributed by atoms with Gasteiger partial charge in [-0.3, -0.25) is 4.98 Å². The highest BCUT2D eigenvalue weighted by atomic mass is 35.5. The molecule has 3 aromatic rings. The molecule has 0 saturated heterocycles. The molecule has 0 radical (unpaired) electrons. The van der Waals surface area contributed by atoms with Gasteiger partial charge < -0.3 is 4.84 Å². The van der Waals surface area contributed by atoms with Gasteiger partial charge in [-0.05, 0) is 30.3 Å². The molecule has 1 aromatic heterocycles. The van der Waals surface area contributed by atoms with E-state index >= 15 is 0 Å². The summed E-state index contributed by atoms with van der Waals surface area (Å²) in [5.41, 5.74) is 2.15. The summed E-state index contributed by atoms with van der Waals surface area (Å²) in [6.07, 6.45) is 3.30. The maximum absolute atomic E-state index is 12.3. The molecular formula is C19H12Cl2N2O2. The lowest BCUT2D eigenvalue weighted by Gasteiger charge is -2.07. The molecule has 25 heavy (non-hydrogen) atoms. The zero-order valence-corrected chi connectivity index (χ0v) is 14.4. The van der Waals surface area contributed by atoms with Gasteiger partial charge in [-0.15, -0.1) is 0 Å². The Morgan fingerprint density at radius 3 is 2.44 bits per heavy atom. The smallest absolute Gasteiger partial charge is 0.312 e. The average molecular weight is 371 g/mol. The van der Waals surface area contributed by atoms with Crippen LogP contribution in [-0.2, 0) is 4.84 Å². The SMILES string of the molecule is O=C(O/N=C(/c1ccccc1)c1cccnc1)c1cc(Cl)ccc1Cl. The molecule has 0 aliphatic carbocycles. The summed E-state index contributed by atoms with van der Waals surface area (Å²) in [6, 6.07) is 17.5. The number of benzene rings is 2. The van der Waals surface area contributed by atoms with E-state index in [-0.39, 0.29) is 10.6 Å². The Kier molecular flexibility index (Phi) is 5.43. The van der Waals surface area contributed by atoms with E-state index < -0.39 is 5.97 Å². The number of pyridine rings is 1. The highest BCUT2D eigenvalue weighted by Crippen LogP contribution is 2.21. The van der Waals surface area contributed by atoms with Crippen molar-refractivity contribution in [3.63, 3.8) is 0 Å². The van der Waals surface area contributed by atoms with Crippen molar-refractivity contribution >= 4 is 34.9 Å². The molecule has 0 aliphatic heterocycles. The zero-order valence-electron chi connectivity index (χ0n) is 12.9. The van der Waals surface area contributed by atoms with Crippen molar-refractivity contribution in [3.05, 3.63) is 99.8 Å². The molecule has 0 spiro atoms. The number of hydrogen-bond acceptors (Lipinski definition) is 4. The van der Waals surface area contributed by atoms with Crippen molar-refractivity contribution in [2.75, 3.05) is 0 Å². The molecule has 0 N–H and O–H groups in total. The number of halogens is 2. The van der Waals surface area contributed by atoms with Crippen LogP contribution in [-0.4, -0.2) is 16.7 Å². The lowest BCUT2D eigenvalue weighted by molar-refractivity contribution is 0.0517. The summed E-state index contributed by atoms with van der Waals surface area (Å²) in [5, 5.41) is 4.66. The van der Waals surface area contributed by atoms with Crippen LogP contribution >= 0.6 is 23.2 Å². The van der Waals surface area contributed by atoms with Crippen LogP contribution in [0.2, 0.25) is 10.0 Å². The number of rotatable bonds is 4. The molecule has 3 rings (SSSR count). The molecule has 0 saturated carbocycles. The number of aromatic nitrogens is 1. The summed E-state index contributed by atoms with van der Waals surface area (Å²) < 4.78 is 0. The highest BCUT2D eigenvalue weighted by Gasteiger charge is 2.15. The number of hydrogen-bond donors (Lipinski definition) is 0. The summed E-state index contributed by atoms with van der Waals surface area (Å²) in [7, 11) is 0. The van der Waals surface area contributed by atoms with Crippen LogP contribution in [0.3, 0.4) is 0 Å². The van der Waals surface area contributed by atoms with Crippen molar-refractivity contribution in [1.29, 1.82) is 0 Å². The molecule has 0 amide bonds. The van der Waals surface area contributed by atoms with E-state index in [0.29, 0.717) is 10.7 Å². The third kappa shape index (κ3) is 4.24. The Morgan fingerprint density at radius 2 is 1.72 bits per heavy atom. The monoisotopic (exact) mass is 370 g/mol. The fourth-order valence-corrected chi connectivity index (χ4v) is 2.53. The summed E-state index contributed by atoms with van der Waals surface area (Å²) in [5.74, 6) is -0.690. The first kappa shape index (κ1) is 17.1. The standard InChI is InChI=1S/C19H12Cl2N2O2/c20-15-8-9-17(21)16(11-15)19(24)25-23-18(13-5-2-1-3-6-13)14-7-4-10-22-12-14/h1-12H/b23-18-. The normalized spacial score (nSPS) is 11.2. The fourth-order valence-electron chi connectivity index (χ4n) is 2.16. The van der Waals surface area contributed by atoms with Gasteiger partial charge in [-0.1, -0.05) is 58.7 Å². The maximum atomic E-state index is 12.3. The summed E-state index contributed by atoms with van der Waals surface area (Å²) in [4.78, 5) is 21.5. The molecule has 0 unspecified atom stereocenters. The predicted octanol–water partition coefficient (Wildman–Crippen LogP) is 5.00. The first-order valence-corrected chi connectivity index (χ1v) is 8.11. The van der Waals surface area contributed by atoms with Crippen LogP contribution in [0.4, 0.5) is 0 Å². The van der Waals surface area contributed by atoms with Gasteiger partial charge in [0.15, 0.2) is 0 Å². The van der Waals surface area contributed by atoms with E-state index in [2.05, 4.69) is 10.1 Å². The Morgan fingerprint density at radius 1 is 0.960 bits per heavy atom. The van der Waals surface area contributed by atoms with Crippen molar-refractivity contribution < 1.29 is 9.63 Å². The largest absolute Gasteiger partial charge is 0.367 e. The topological polar surface area (TPSA) is 51.5 Å². The van der Waals surface area contributed by atoms with E-state index in [1.807, 2.05) is 36.4 Å². The van der Waals surface area contributed by atoms with Gasteiger partial charge in [0.1, 0.15) is 5.71 Å². The molecule has 0 fully saturated rings. The minimum Gasteiger partial charge on any atom is -0.312 e. The Labute approximate surface area is 154 Å². The second kappa shape index (κ2) is 7.92. The second-order valence-corrected chi connectivity index (χ2v) is 5.89. The molecule has 0 bridgehead atoms.